The molecule has 0 heterocycles. The van der Waals surface area contributed by atoms with Gasteiger partial charge in [-0.1, -0.05) is 6.92 Å². The first kappa shape index (κ1) is 14.5. The first-order chi connectivity index (χ1) is 8.58. The summed E-state index contributed by atoms with van der Waals surface area (Å²) >= 11 is 0. The van der Waals surface area contributed by atoms with Gasteiger partial charge in [-0.2, -0.15) is 0 Å². The summed E-state index contributed by atoms with van der Waals surface area (Å²) in [6.45, 7) is 6.71. The maximum absolute atomic E-state index is 11.7. The third-order valence-electron chi connectivity index (χ3n) is 2.44. The summed E-state index contributed by atoms with van der Waals surface area (Å²) in [7, 11) is 0. The van der Waals surface area contributed by atoms with Gasteiger partial charge in [0.2, 0.25) is 5.91 Å². The number of rotatable bonds is 6. The molecule has 0 bridgehead atoms. The maximum Gasteiger partial charge on any atom is 0.240 e. The second-order valence-electron chi connectivity index (χ2n) is 4.41. The van der Waals surface area contributed by atoms with E-state index in [1.807, 2.05) is 45.0 Å². The molecule has 1 amide bonds. The molecular weight excluding hydrogens is 228 g/mol. The standard InChI is InChI=1S/C14H22N2O2/c1-4-9-16(14(17)10-15)12-5-7-13(8-6-12)18-11(2)3/h5-8,11H,4,9-10,15H2,1-3H3. The number of amides is 1. The first-order valence-corrected chi connectivity index (χ1v) is 6.35. The Morgan fingerprint density at radius 2 is 1.94 bits per heavy atom. The van der Waals surface area contributed by atoms with Crippen LogP contribution in [0.3, 0.4) is 0 Å². The van der Waals surface area contributed by atoms with E-state index in [-0.39, 0.29) is 18.6 Å². The number of nitrogens with zero attached hydrogens (tertiary/aromatic N) is 1. The normalized spacial score (nSPS) is 10.5. The van der Waals surface area contributed by atoms with Crippen molar-refractivity contribution in [2.75, 3.05) is 18.0 Å². The van der Waals surface area contributed by atoms with Crippen LogP contribution in [0.1, 0.15) is 27.2 Å². The molecular formula is C14H22N2O2. The van der Waals surface area contributed by atoms with Crippen molar-refractivity contribution >= 4 is 11.6 Å². The van der Waals surface area contributed by atoms with Crippen molar-refractivity contribution in [2.45, 2.75) is 33.3 Å². The van der Waals surface area contributed by atoms with Crippen LogP contribution in [0.25, 0.3) is 0 Å². The minimum Gasteiger partial charge on any atom is -0.491 e. The summed E-state index contributed by atoms with van der Waals surface area (Å²) in [5.41, 5.74) is 6.28. The summed E-state index contributed by atoms with van der Waals surface area (Å²) in [4.78, 5) is 13.4. The Kier molecular flexibility index (Phi) is 5.65. The molecule has 0 radical (unpaired) electrons. The number of benzene rings is 1. The molecule has 0 saturated heterocycles. The van der Waals surface area contributed by atoms with Crippen LogP contribution < -0.4 is 15.4 Å². The van der Waals surface area contributed by atoms with Gasteiger partial charge in [0.1, 0.15) is 5.75 Å². The lowest BCUT2D eigenvalue weighted by molar-refractivity contribution is -0.117. The van der Waals surface area contributed by atoms with Crippen LogP contribution in [0.4, 0.5) is 5.69 Å². The van der Waals surface area contributed by atoms with E-state index in [4.69, 9.17) is 10.5 Å². The lowest BCUT2D eigenvalue weighted by Gasteiger charge is -2.22. The molecule has 0 aromatic heterocycles. The quantitative estimate of drug-likeness (QED) is 0.842. The third kappa shape index (κ3) is 4.04. The molecule has 0 aliphatic heterocycles. The van der Waals surface area contributed by atoms with Crippen LogP contribution in [0, 0.1) is 0 Å². The fourth-order valence-electron chi connectivity index (χ4n) is 1.71. The first-order valence-electron chi connectivity index (χ1n) is 6.35. The average molecular weight is 250 g/mol. The molecule has 0 spiro atoms. The van der Waals surface area contributed by atoms with Gasteiger partial charge in [0.15, 0.2) is 0 Å². The zero-order chi connectivity index (χ0) is 13.5. The number of hydrogen-bond donors (Lipinski definition) is 1. The van der Waals surface area contributed by atoms with E-state index in [1.54, 1.807) is 4.90 Å². The minimum atomic E-state index is -0.0608. The van der Waals surface area contributed by atoms with Crippen molar-refractivity contribution in [3.05, 3.63) is 24.3 Å². The number of nitrogens with two attached hydrogens (primary N) is 1. The number of carbonyl (C=O) groups excluding carboxylic acids is 1. The van der Waals surface area contributed by atoms with Crippen molar-refractivity contribution < 1.29 is 9.53 Å². The number of anilines is 1. The predicted octanol–water partition coefficient (Wildman–Crippen LogP) is 2.18. The van der Waals surface area contributed by atoms with E-state index in [1.165, 1.54) is 0 Å². The van der Waals surface area contributed by atoms with Crippen LogP contribution in [-0.2, 0) is 4.79 Å². The van der Waals surface area contributed by atoms with E-state index < -0.39 is 0 Å². The van der Waals surface area contributed by atoms with Crippen LogP contribution in [-0.4, -0.2) is 25.1 Å². The molecule has 18 heavy (non-hydrogen) atoms. The lowest BCUT2D eigenvalue weighted by atomic mass is 10.2. The maximum atomic E-state index is 11.7. The molecule has 1 rings (SSSR count). The molecule has 0 atom stereocenters. The Morgan fingerprint density at radius 3 is 2.39 bits per heavy atom. The molecule has 100 valence electrons. The molecule has 0 unspecified atom stereocenters. The summed E-state index contributed by atoms with van der Waals surface area (Å²) in [5.74, 6) is 0.750. The second-order valence-corrected chi connectivity index (χ2v) is 4.41. The van der Waals surface area contributed by atoms with Crippen molar-refractivity contribution in [2.24, 2.45) is 5.73 Å². The Bertz CT molecular complexity index is 374. The molecule has 0 fully saturated rings. The molecule has 4 nitrogen and oxygen atoms in total. The van der Waals surface area contributed by atoms with Gasteiger partial charge in [-0.25, -0.2) is 0 Å². The van der Waals surface area contributed by atoms with E-state index in [2.05, 4.69) is 0 Å². The van der Waals surface area contributed by atoms with Crippen molar-refractivity contribution in [1.82, 2.24) is 0 Å². The average Bonchev–Trinajstić information content (AvgIpc) is 2.35. The summed E-state index contributed by atoms with van der Waals surface area (Å²) in [6, 6.07) is 7.53. The Morgan fingerprint density at radius 1 is 1.33 bits per heavy atom. The van der Waals surface area contributed by atoms with Gasteiger partial charge < -0.3 is 15.4 Å². The molecule has 0 saturated carbocycles. The van der Waals surface area contributed by atoms with Crippen LogP contribution in [0.15, 0.2) is 24.3 Å². The van der Waals surface area contributed by atoms with Crippen molar-refractivity contribution in [3.8, 4) is 5.75 Å². The highest BCUT2D eigenvalue weighted by atomic mass is 16.5. The van der Waals surface area contributed by atoms with Crippen molar-refractivity contribution in [1.29, 1.82) is 0 Å². The highest BCUT2D eigenvalue weighted by molar-refractivity contribution is 5.94. The number of ether oxygens (including phenoxy) is 1. The van der Waals surface area contributed by atoms with Crippen molar-refractivity contribution in [3.63, 3.8) is 0 Å². The topological polar surface area (TPSA) is 55.6 Å². The van der Waals surface area contributed by atoms with Gasteiger partial charge in [-0.15, -0.1) is 0 Å². The van der Waals surface area contributed by atoms with Crippen LogP contribution in [0.5, 0.6) is 5.75 Å². The fraction of sp³-hybridized carbons (Fsp3) is 0.500. The third-order valence-corrected chi connectivity index (χ3v) is 2.44. The van der Waals surface area contributed by atoms with E-state index in [0.717, 1.165) is 17.9 Å². The van der Waals surface area contributed by atoms with Crippen LogP contribution in [0.2, 0.25) is 0 Å². The molecule has 0 aliphatic carbocycles. The highest BCUT2D eigenvalue weighted by Gasteiger charge is 2.13. The number of hydrogen-bond acceptors (Lipinski definition) is 3. The minimum absolute atomic E-state index is 0.0320. The summed E-state index contributed by atoms with van der Waals surface area (Å²) in [6.07, 6.45) is 1.05. The van der Waals surface area contributed by atoms with E-state index in [9.17, 15) is 4.79 Å². The van der Waals surface area contributed by atoms with E-state index >= 15 is 0 Å². The fourth-order valence-corrected chi connectivity index (χ4v) is 1.71. The van der Waals surface area contributed by atoms with Gasteiger partial charge in [-0.05, 0) is 44.5 Å². The molecule has 1 aromatic carbocycles. The van der Waals surface area contributed by atoms with Gasteiger partial charge in [-0.3, -0.25) is 4.79 Å². The lowest BCUT2D eigenvalue weighted by Crippen LogP contribution is -2.36. The highest BCUT2D eigenvalue weighted by Crippen LogP contribution is 2.20. The van der Waals surface area contributed by atoms with Crippen LogP contribution >= 0.6 is 0 Å². The van der Waals surface area contributed by atoms with Gasteiger partial charge >= 0.3 is 0 Å². The smallest absolute Gasteiger partial charge is 0.240 e. The summed E-state index contributed by atoms with van der Waals surface area (Å²) in [5, 5.41) is 0. The molecule has 2 N–H and O–H groups in total. The predicted molar refractivity (Wildman–Crippen MR) is 73.9 cm³/mol. The number of carbonyl (C=O) groups is 1. The Labute approximate surface area is 109 Å². The van der Waals surface area contributed by atoms with Gasteiger partial charge in [0.25, 0.3) is 0 Å². The zero-order valence-electron chi connectivity index (χ0n) is 11.3. The Hall–Kier alpha value is -1.55. The molecule has 4 heteroatoms. The van der Waals surface area contributed by atoms with Gasteiger partial charge in [0.05, 0.1) is 12.6 Å². The van der Waals surface area contributed by atoms with E-state index in [0.29, 0.717) is 6.54 Å². The zero-order valence-corrected chi connectivity index (χ0v) is 11.3. The molecule has 0 aliphatic rings. The molecule has 1 aromatic rings. The SMILES string of the molecule is CCCN(C(=O)CN)c1ccc(OC(C)C)cc1. The Balaban J connectivity index is 2.83. The summed E-state index contributed by atoms with van der Waals surface area (Å²) < 4.78 is 5.57. The largest absolute Gasteiger partial charge is 0.491 e. The van der Waals surface area contributed by atoms with Gasteiger partial charge in [0, 0.05) is 12.2 Å². The second kappa shape index (κ2) is 7.01. The monoisotopic (exact) mass is 250 g/mol.